The van der Waals surface area contributed by atoms with Crippen molar-refractivity contribution in [2.24, 2.45) is 0 Å². The molecule has 7 nitrogen and oxygen atoms in total. The Hall–Kier alpha value is -0.120. The van der Waals surface area contributed by atoms with Crippen LogP contribution in [-0.2, 0) is 39.5 Å². The number of rotatable bonds is 12. The summed E-state index contributed by atoms with van der Waals surface area (Å²) >= 11 is 0. The quantitative estimate of drug-likeness (QED) is 0.347. The fourth-order valence-corrected chi connectivity index (χ4v) is 3.05. The topological polar surface area (TPSA) is 131 Å². The third-order valence-electron chi connectivity index (χ3n) is 3.10. The van der Waals surface area contributed by atoms with Crippen molar-refractivity contribution in [3.05, 3.63) is 30.3 Å². The van der Waals surface area contributed by atoms with E-state index in [9.17, 15) is 4.80 Å². The average molecular weight is 486 g/mol. The molecule has 0 radical (unpaired) electrons. The van der Waals surface area contributed by atoms with Crippen molar-refractivity contribution >= 4 is 9.05 Å². The Balaban J connectivity index is -0.000000224. The summed E-state index contributed by atoms with van der Waals surface area (Å²) in [6, 6.07) is 8.71. The van der Waals surface area contributed by atoms with Crippen molar-refractivity contribution in [1.82, 2.24) is 0 Å². The van der Waals surface area contributed by atoms with Gasteiger partial charge in [-0.05, 0) is 31.4 Å². The maximum Gasteiger partial charge on any atom is 0.676 e. The van der Waals surface area contributed by atoms with Crippen LogP contribution in [-0.4, -0.2) is 49.7 Å². The van der Waals surface area contributed by atoms with Gasteiger partial charge in [0.25, 0.3) is 0 Å². The van der Waals surface area contributed by atoms with E-state index in [-0.39, 0.29) is 37.2 Å². The summed E-state index contributed by atoms with van der Waals surface area (Å²) in [4.78, 5) is 10.2. The van der Waals surface area contributed by atoms with Gasteiger partial charge >= 0.3 is 9.05 Å². The first kappa shape index (κ1) is 34.4. The van der Waals surface area contributed by atoms with Crippen LogP contribution in [0.3, 0.4) is 0 Å². The molecule has 0 heterocycles. The van der Waals surface area contributed by atoms with Gasteiger partial charge in [0.15, 0.2) is 0 Å². The van der Waals surface area contributed by atoms with Gasteiger partial charge in [-0.25, -0.2) is 0 Å². The molecule has 0 bridgehead atoms. The molecule has 9 heteroatoms. The summed E-state index contributed by atoms with van der Waals surface area (Å²) in [7, 11) is -3.36. The first-order valence-corrected chi connectivity index (χ1v) is 10.6. The number of hydrogen-bond acceptors (Lipinski definition) is 5. The van der Waals surface area contributed by atoms with Gasteiger partial charge in [-0.3, -0.25) is 0 Å². The first-order valence-electron chi connectivity index (χ1n) is 8.96. The van der Waals surface area contributed by atoms with Crippen molar-refractivity contribution in [2.45, 2.75) is 59.3 Å². The second-order valence-corrected chi connectivity index (χ2v) is 7.38. The Morgan fingerprint density at radius 2 is 1.07 bits per heavy atom. The zero-order valence-electron chi connectivity index (χ0n) is 16.9. The van der Waals surface area contributed by atoms with Crippen LogP contribution in [0.2, 0.25) is 0 Å². The molecule has 0 aromatic heterocycles. The molecule has 1 rings (SSSR count). The van der Waals surface area contributed by atoms with E-state index in [0.717, 1.165) is 38.5 Å². The van der Waals surface area contributed by atoms with Gasteiger partial charge in [0, 0.05) is 46.0 Å². The second-order valence-electron chi connectivity index (χ2n) is 5.47. The molecule has 0 amide bonds. The molecule has 0 aliphatic carbocycles. The zero-order chi connectivity index (χ0) is 18.1. The number of unbranched alkanes of at least 4 members (excludes halogenated alkanes) is 3. The third kappa shape index (κ3) is 22.0. The van der Waals surface area contributed by atoms with Gasteiger partial charge in [-0.1, -0.05) is 58.2 Å². The summed E-state index contributed by atoms with van der Waals surface area (Å²) in [6.07, 6.45) is 5.87. The van der Waals surface area contributed by atoms with E-state index in [1.54, 1.807) is 24.3 Å². The third-order valence-corrected chi connectivity index (χ3v) is 4.81. The molecule has 1 aromatic rings. The normalized spacial score (nSPS) is 9.78. The SMILES string of the molecule is CCCCO[Si](O)(OCCCC)OCCCC.O.O.Oc1ccccc1.[Zr]. The second kappa shape index (κ2) is 23.9. The van der Waals surface area contributed by atoms with E-state index < -0.39 is 9.05 Å². The number of benzene rings is 1. The minimum Gasteiger partial charge on any atom is -0.508 e. The number of aromatic hydroxyl groups is 1. The number of hydrogen-bond donors (Lipinski definition) is 2. The van der Waals surface area contributed by atoms with Crippen LogP contribution in [0, 0.1) is 0 Å². The van der Waals surface area contributed by atoms with Crippen molar-refractivity contribution in [3.8, 4) is 5.75 Å². The molecule has 0 saturated heterocycles. The fraction of sp³-hybridized carbons (Fsp3) is 0.667. The van der Waals surface area contributed by atoms with Gasteiger partial charge < -0.3 is 34.1 Å². The van der Waals surface area contributed by atoms with Crippen LogP contribution < -0.4 is 0 Å². The summed E-state index contributed by atoms with van der Waals surface area (Å²) in [5, 5.41) is 8.63. The Labute approximate surface area is 184 Å². The van der Waals surface area contributed by atoms with Gasteiger partial charge in [0.05, 0.1) is 0 Å². The van der Waals surface area contributed by atoms with Gasteiger partial charge in [-0.15, -0.1) is 0 Å². The summed E-state index contributed by atoms with van der Waals surface area (Å²) in [5.74, 6) is 0.322. The largest absolute Gasteiger partial charge is 0.676 e. The predicted molar refractivity (Wildman–Crippen MR) is 106 cm³/mol. The Morgan fingerprint density at radius 3 is 1.30 bits per heavy atom. The van der Waals surface area contributed by atoms with E-state index in [2.05, 4.69) is 20.8 Å². The van der Waals surface area contributed by atoms with Crippen LogP contribution in [0.4, 0.5) is 0 Å². The van der Waals surface area contributed by atoms with Crippen LogP contribution in [0.25, 0.3) is 0 Å². The summed E-state index contributed by atoms with van der Waals surface area (Å²) < 4.78 is 16.2. The molecule has 1 aromatic carbocycles. The number of para-hydroxylation sites is 1. The molecule has 0 aliphatic rings. The van der Waals surface area contributed by atoms with E-state index in [1.165, 1.54) is 0 Å². The molecule has 27 heavy (non-hydrogen) atoms. The van der Waals surface area contributed by atoms with Crippen LogP contribution in [0.5, 0.6) is 5.75 Å². The molecule has 0 unspecified atom stereocenters. The van der Waals surface area contributed by atoms with Gasteiger partial charge in [-0.2, -0.15) is 0 Å². The van der Waals surface area contributed by atoms with E-state index >= 15 is 0 Å². The van der Waals surface area contributed by atoms with Crippen molar-refractivity contribution < 1.29 is 60.3 Å². The number of phenolic OH excluding ortho intramolecular Hbond substituents is 1. The molecule has 6 N–H and O–H groups in total. The van der Waals surface area contributed by atoms with Crippen LogP contribution in [0.15, 0.2) is 30.3 Å². The molecule has 0 atom stereocenters. The van der Waals surface area contributed by atoms with Gasteiger partial charge in [0.1, 0.15) is 5.75 Å². The van der Waals surface area contributed by atoms with Crippen LogP contribution >= 0.6 is 0 Å². The molecule has 0 spiro atoms. The minimum atomic E-state index is -3.36. The van der Waals surface area contributed by atoms with Crippen molar-refractivity contribution in [3.63, 3.8) is 0 Å². The first-order chi connectivity index (χ1) is 11.6. The summed E-state index contributed by atoms with van der Waals surface area (Å²) in [6.45, 7) is 7.78. The average Bonchev–Trinajstić information content (AvgIpc) is 2.57. The summed E-state index contributed by atoms with van der Waals surface area (Å²) in [5.41, 5.74) is 0. The smallest absolute Gasteiger partial charge is 0.508 e. The zero-order valence-corrected chi connectivity index (χ0v) is 20.3. The Bertz CT molecular complexity index is 359. The van der Waals surface area contributed by atoms with E-state index in [1.807, 2.05) is 6.07 Å². The standard InChI is InChI=1S/C12H28O4Si.C6H6O.2H2O.Zr/c1-4-7-10-14-17(13,15-11-8-5-2)16-12-9-6-3;7-6-4-2-1-3-5-6;;;/h13H,4-12H2,1-3H3;1-5,7H;2*1H2;. The van der Waals surface area contributed by atoms with Gasteiger partial charge in [0.2, 0.25) is 0 Å². The molecular formula is C18H38O7SiZr. The molecule has 0 fully saturated rings. The Morgan fingerprint density at radius 1 is 0.741 bits per heavy atom. The molecule has 160 valence electrons. The van der Waals surface area contributed by atoms with E-state index in [0.29, 0.717) is 25.6 Å². The minimum absolute atomic E-state index is 0. The molecule has 0 saturated carbocycles. The maximum absolute atomic E-state index is 10.2. The molecular weight excluding hydrogens is 448 g/mol. The van der Waals surface area contributed by atoms with Crippen molar-refractivity contribution in [2.75, 3.05) is 19.8 Å². The van der Waals surface area contributed by atoms with Crippen molar-refractivity contribution in [1.29, 1.82) is 0 Å². The maximum atomic E-state index is 10.2. The number of phenols is 1. The predicted octanol–water partition coefficient (Wildman–Crippen LogP) is 2.60. The Kier molecular flexibility index (Phi) is 30.5. The fourth-order valence-electron chi connectivity index (χ4n) is 1.59. The monoisotopic (exact) mass is 484 g/mol. The van der Waals surface area contributed by atoms with Crippen LogP contribution in [0.1, 0.15) is 59.3 Å². The molecule has 0 aliphatic heterocycles. The van der Waals surface area contributed by atoms with E-state index in [4.69, 9.17) is 18.4 Å².